The van der Waals surface area contributed by atoms with Crippen molar-refractivity contribution in [3.8, 4) is 0 Å². The fourth-order valence-electron chi connectivity index (χ4n) is 2.77. The van der Waals surface area contributed by atoms with E-state index in [9.17, 15) is 9.18 Å². The number of nitrogens with one attached hydrogen (secondary N) is 1. The monoisotopic (exact) mass is 304 g/mol. The molecule has 0 aliphatic carbocycles. The second-order valence-corrected chi connectivity index (χ2v) is 6.18. The highest BCUT2D eigenvalue weighted by molar-refractivity contribution is 7.10. The number of anilines is 1. The number of halogens is 1. The molecule has 1 saturated heterocycles. The molecule has 1 aliphatic rings. The van der Waals surface area contributed by atoms with E-state index in [4.69, 9.17) is 0 Å². The zero-order valence-electron chi connectivity index (χ0n) is 11.6. The quantitative estimate of drug-likeness (QED) is 0.935. The van der Waals surface area contributed by atoms with Crippen LogP contribution in [0.1, 0.15) is 23.8 Å². The maximum atomic E-state index is 13.1. The minimum absolute atomic E-state index is 0.0935. The number of carbonyl (C=O) groups excluding carboxylic acids is 1. The number of rotatable bonds is 4. The van der Waals surface area contributed by atoms with Crippen molar-refractivity contribution in [2.75, 3.05) is 18.4 Å². The molecule has 0 saturated carbocycles. The largest absolute Gasteiger partial charge is 0.325 e. The standard InChI is InChI=1S/C16H17FN2OS/c17-12-4-1-5-13(10-12)18-16(20)11-19-8-2-6-14(19)15-7-3-9-21-15/h1,3-5,7,9-10,14H,2,6,8,11H2,(H,18,20)/t14-/m0/s1. The highest BCUT2D eigenvalue weighted by Crippen LogP contribution is 2.34. The van der Waals surface area contributed by atoms with Crippen LogP contribution in [0.3, 0.4) is 0 Å². The normalized spacial score (nSPS) is 18.8. The van der Waals surface area contributed by atoms with Gasteiger partial charge in [0, 0.05) is 16.6 Å². The fraction of sp³-hybridized carbons (Fsp3) is 0.312. The van der Waals surface area contributed by atoms with Crippen molar-refractivity contribution in [3.63, 3.8) is 0 Å². The van der Waals surface area contributed by atoms with Gasteiger partial charge in [-0.3, -0.25) is 9.69 Å². The minimum atomic E-state index is -0.342. The molecule has 110 valence electrons. The summed E-state index contributed by atoms with van der Waals surface area (Å²) >= 11 is 1.73. The van der Waals surface area contributed by atoms with E-state index in [0.29, 0.717) is 18.3 Å². The summed E-state index contributed by atoms with van der Waals surface area (Å²) in [6.07, 6.45) is 2.20. The van der Waals surface area contributed by atoms with Gasteiger partial charge in [-0.2, -0.15) is 0 Å². The first-order chi connectivity index (χ1) is 10.2. The first-order valence-corrected chi connectivity index (χ1v) is 7.93. The van der Waals surface area contributed by atoms with Gasteiger partial charge in [-0.1, -0.05) is 12.1 Å². The van der Waals surface area contributed by atoms with Gasteiger partial charge in [0.1, 0.15) is 5.82 Å². The third-order valence-corrected chi connectivity index (χ3v) is 4.66. The number of benzene rings is 1. The Balaban J connectivity index is 1.62. The number of nitrogens with zero attached hydrogens (tertiary/aromatic N) is 1. The Bertz CT molecular complexity index is 614. The molecule has 0 radical (unpaired) electrons. The summed E-state index contributed by atoms with van der Waals surface area (Å²) in [6.45, 7) is 1.28. The Labute approximate surface area is 127 Å². The predicted octanol–water partition coefficient (Wildman–Crippen LogP) is 3.66. The molecule has 0 spiro atoms. The molecule has 1 N–H and O–H groups in total. The average Bonchev–Trinajstić information content (AvgIpc) is 3.08. The van der Waals surface area contributed by atoms with E-state index in [-0.39, 0.29) is 11.7 Å². The Morgan fingerprint density at radius 3 is 3.05 bits per heavy atom. The summed E-state index contributed by atoms with van der Waals surface area (Å²) in [7, 11) is 0. The Morgan fingerprint density at radius 1 is 1.38 bits per heavy atom. The first-order valence-electron chi connectivity index (χ1n) is 7.05. The SMILES string of the molecule is O=C(CN1CCC[C@H]1c1cccs1)Nc1cccc(F)c1. The van der Waals surface area contributed by atoms with Crippen LogP contribution in [-0.4, -0.2) is 23.9 Å². The van der Waals surface area contributed by atoms with E-state index >= 15 is 0 Å². The average molecular weight is 304 g/mol. The van der Waals surface area contributed by atoms with Crippen molar-refractivity contribution < 1.29 is 9.18 Å². The highest BCUT2D eigenvalue weighted by Gasteiger charge is 2.28. The van der Waals surface area contributed by atoms with Crippen LogP contribution in [-0.2, 0) is 4.79 Å². The van der Waals surface area contributed by atoms with E-state index in [1.807, 2.05) is 6.07 Å². The van der Waals surface area contributed by atoms with Crippen LogP contribution in [0.25, 0.3) is 0 Å². The molecular formula is C16H17FN2OS. The molecule has 3 rings (SSSR count). The molecule has 21 heavy (non-hydrogen) atoms. The lowest BCUT2D eigenvalue weighted by Gasteiger charge is -2.22. The molecule has 0 bridgehead atoms. The fourth-order valence-corrected chi connectivity index (χ4v) is 3.67. The van der Waals surface area contributed by atoms with Crippen LogP contribution < -0.4 is 5.32 Å². The molecule has 1 atom stereocenters. The molecule has 0 unspecified atom stereocenters. The molecule has 2 aromatic rings. The number of hydrogen-bond acceptors (Lipinski definition) is 3. The van der Waals surface area contributed by atoms with Crippen LogP contribution >= 0.6 is 11.3 Å². The van der Waals surface area contributed by atoms with Gasteiger partial charge in [0.05, 0.1) is 6.54 Å². The third-order valence-electron chi connectivity index (χ3n) is 3.69. The number of likely N-dealkylation sites (tertiary alicyclic amines) is 1. The van der Waals surface area contributed by atoms with Crippen LogP contribution in [0.15, 0.2) is 41.8 Å². The number of amides is 1. The summed E-state index contributed by atoms with van der Waals surface area (Å²) in [5.41, 5.74) is 0.506. The zero-order valence-corrected chi connectivity index (χ0v) is 12.4. The molecule has 5 heteroatoms. The Morgan fingerprint density at radius 2 is 2.29 bits per heavy atom. The van der Waals surface area contributed by atoms with Gasteiger partial charge in [0.15, 0.2) is 0 Å². The van der Waals surface area contributed by atoms with Crippen molar-refractivity contribution in [2.45, 2.75) is 18.9 Å². The smallest absolute Gasteiger partial charge is 0.238 e. The highest BCUT2D eigenvalue weighted by atomic mass is 32.1. The van der Waals surface area contributed by atoms with Gasteiger partial charge in [0.2, 0.25) is 5.91 Å². The van der Waals surface area contributed by atoms with Gasteiger partial charge in [0.25, 0.3) is 0 Å². The van der Waals surface area contributed by atoms with Crippen LogP contribution in [0.2, 0.25) is 0 Å². The van der Waals surface area contributed by atoms with E-state index in [1.165, 1.54) is 17.0 Å². The summed E-state index contributed by atoms with van der Waals surface area (Å²) in [6, 6.07) is 10.5. The third kappa shape index (κ3) is 3.49. The van der Waals surface area contributed by atoms with Gasteiger partial charge in [-0.05, 0) is 49.0 Å². The summed E-state index contributed by atoms with van der Waals surface area (Å²) in [5.74, 6) is -0.436. The molecule has 1 fully saturated rings. The van der Waals surface area contributed by atoms with E-state index in [2.05, 4.69) is 21.7 Å². The second kappa shape index (κ2) is 6.37. The van der Waals surface area contributed by atoms with Crippen molar-refractivity contribution in [1.29, 1.82) is 0 Å². The molecule has 1 aliphatic heterocycles. The molecule has 3 nitrogen and oxygen atoms in total. The zero-order chi connectivity index (χ0) is 14.7. The summed E-state index contributed by atoms with van der Waals surface area (Å²) in [5, 5.41) is 4.83. The first kappa shape index (κ1) is 14.2. The van der Waals surface area contributed by atoms with Crippen LogP contribution in [0, 0.1) is 5.82 Å². The van der Waals surface area contributed by atoms with E-state index in [0.717, 1.165) is 19.4 Å². The van der Waals surface area contributed by atoms with Gasteiger partial charge in [-0.25, -0.2) is 4.39 Å². The molecule has 1 aromatic heterocycles. The maximum absolute atomic E-state index is 13.1. The maximum Gasteiger partial charge on any atom is 0.238 e. The van der Waals surface area contributed by atoms with Crippen molar-refractivity contribution in [3.05, 3.63) is 52.5 Å². The lowest BCUT2D eigenvalue weighted by molar-refractivity contribution is -0.117. The van der Waals surface area contributed by atoms with Crippen LogP contribution in [0.5, 0.6) is 0 Å². The van der Waals surface area contributed by atoms with E-state index < -0.39 is 0 Å². The van der Waals surface area contributed by atoms with Crippen LogP contribution in [0.4, 0.5) is 10.1 Å². The molecular weight excluding hydrogens is 287 g/mol. The van der Waals surface area contributed by atoms with Gasteiger partial charge < -0.3 is 5.32 Å². The lowest BCUT2D eigenvalue weighted by Crippen LogP contribution is -2.32. The number of hydrogen-bond donors (Lipinski definition) is 1. The topological polar surface area (TPSA) is 32.3 Å². The van der Waals surface area contributed by atoms with Gasteiger partial charge >= 0.3 is 0 Å². The number of thiophene rings is 1. The predicted molar refractivity (Wildman–Crippen MR) is 82.9 cm³/mol. The second-order valence-electron chi connectivity index (χ2n) is 5.20. The Kier molecular flexibility index (Phi) is 4.31. The molecule has 1 aromatic carbocycles. The lowest BCUT2D eigenvalue weighted by atomic mass is 10.2. The minimum Gasteiger partial charge on any atom is -0.325 e. The van der Waals surface area contributed by atoms with E-state index in [1.54, 1.807) is 23.5 Å². The molecule has 2 heterocycles. The molecule has 1 amide bonds. The number of carbonyl (C=O) groups is 1. The summed E-state index contributed by atoms with van der Waals surface area (Å²) in [4.78, 5) is 15.6. The summed E-state index contributed by atoms with van der Waals surface area (Å²) < 4.78 is 13.1. The van der Waals surface area contributed by atoms with Crippen molar-refractivity contribution in [1.82, 2.24) is 4.90 Å². The van der Waals surface area contributed by atoms with Crippen molar-refractivity contribution in [2.24, 2.45) is 0 Å². The Hall–Kier alpha value is -1.72. The van der Waals surface area contributed by atoms with Crippen molar-refractivity contribution >= 4 is 22.9 Å². The van der Waals surface area contributed by atoms with Gasteiger partial charge in [-0.15, -0.1) is 11.3 Å².